The summed E-state index contributed by atoms with van der Waals surface area (Å²) in [4.78, 5) is 33.2. The van der Waals surface area contributed by atoms with Crippen molar-refractivity contribution < 1.29 is 4.79 Å². The third kappa shape index (κ3) is 4.06. The van der Waals surface area contributed by atoms with Gasteiger partial charge in [0.1, 0.15) is 5.82 Å². The van der Waals surface area contributed by atoms with Crippen LogP contribution in [0.1, 0.15) is 37.0 Å². The molecule has 0 aliphatic heterocycles. The van der Waals surface area contributed by atoms with E-state index in [1.54, 1.807) is 36.6 Å². The highest BCUT2D eigenvalue weighted by Crippen LogP contribution is 2.23. The Kier molecular flexibility index (Phi) is 5.97. The summed E-state index contributed by atoms with van der Waals surface area (Å²) in [6, 6.07) is 8.69. The van der Waals surface area contributed by atoms with Crippen molar-refractivity contribution in [2.24, 2.45) is 7.05 Å². The number of carbonyl (C=O) groups excluding carboxylic acids is 1. The molecule has 27 heavy (non-hydrogen) atoms. The predicted molar refractivity (Wildman–Crippen MR) is 110 cm³/mol. The van der Waals surface area contributed by atoms with Gasteiger partial charge in [0.05, 0.1) is 23.4 Å². The molecule has 1 aromatic carbocycles. The monoisotopic (exact) mass is 403 g/mol. The van der Waals surface area contributed by atoms with Gasteiger partial charge in [-0.15, -0.1) is 11.3 Å². The van der Waals surface area contributed by atoms with Crippen molar-refractivity contribution in [1.29, 1.82) is 0 Å². The number of rotatable bonds is 6. The van der Waals surface area contributed by atoms with E-state index in [1.165, 1.54) is 4.57 Å². The van der Waals surface area contributed by atoms with Gasteiger partial charge in [-0.25, -0.2) is 4.98 Å². The van der Waals surface area contributed by atoms with Crippen LogP contribution in [0.15, 0.2) is 40.5 Å². The molecule has 1 atom stereocenters. The molecule has 3 rings (SSSR count). The second kappa shape index (κ2) is 8.23. The van der Waals surface area contributed by atoms with Crippen LogP contribution in [0, 0.1) is 0 Å². The topological polar surface area (TPSA) is 55.2 Å². The second-order valence-corrected chi connectivity index (χ2v) is 7.98. The molecule has 0 aliphatic carbocycles. The molecule has 0 aliphatic rings. The molecule has 2 aromatic heterocycles. The number of hydrogen-bond donors (Lipinski definition) is 0. The van der Waals surface area contributed by atoms with Crippen LogP contribution in [0.4, 0.5) is 0 Å². The van der Waals surface area contributed by atoms with Gasteiger partial charge >= 0.3 is 0 Å². The van der Waals surface area contributed by atoms with E-state index in [-0.39, 0.29) is 17.5 Å². The van der Waals surface area contributed by atoms with Crippen LogP contribution in [0.5, 0.6) is 0 Å². The molecule has 0 saturated heterocycles. The van der Waals surface area contributed by atoms with E-state index in [9.17, 15) is 9.59 Å². The zero-order valence-corrected chi connectivity index (χ0v) is 17.2. The third-order valence-electron chi connectivity index (χ3n) is 4.60. The van der Waals surface area contributed by atoms with Gasteiger partial charge in [0.2, 0.25) is 5.91 Å². The van der Waals surface area contributed by atoms with Gasteiger partial charge in [0.15, 0.2) is 0 Å². The Hall–Kier alpha value is -2.18. The van der Waals surface area contributed by atoms with Gasteiger partial charge in [-0.2, -0.15) is 0 Å². The minimum Gasteiger partial charge on any atom is -0.332 e. The SMILES string of the molecule is CCCN(C(=O)Cc1cccs1)C(C)c1nc2ccc(Cl)cc2c(=O)n1C. The number of halogens is 1. The fraction of sp³-hybridized carbons (Fsp3) is 0.350. The predicted octanol–water partition coefficient (Wildman–Crippen LogP) is 4.19. The Bertz CT molecular complexity index is 1010. The fourth-order valence-electron chi connectivity index (χ4n) is 3.21. The number of carbonyl (C=O) groups is 1. The van der Waals surface area contributed by atoms with Crippen molar-refractivity contribution >= 4 is 39.7 Å². The Morgan fingerprint density at radius 2 is 2.15 bits per heavy atom. The second-order valence-electron chi connectivity index (χ2n) is 6.51. The molecule has 2 heterocycles. The van der Waals surface area contributed by atoms with E-state index in [1.807, 2.05) is 36.3 Å². The normalized spacial score (nSPS) is 12.3. The molecule has 0 spiro atoms. The van der Waals surface area contributed by atoms with Gasteiger partial charge < -0.3 is 4.90 Å². The maximum atomic E-state index is 12.9. The number of amides is 1. The van der Waals surface area contributed by atoms with Crippen LogP contribution in [0.2, 0.25) is 5.02 Å². The van der Waals surface area contributed by atoms with Gasteiger partial charge in [0.25, 0.3) is 5.56 Å². The highest BCUT2D eigenvalue weighted by molar-refractivity contribution is 7.10. The molecule has 5 nitrogen and oxygen atoms in total. The van der Waals surface area contributed by atoms with Crippen molar-refractivity contribution in [3.63, 3.8) is 0 Å². The molecular weight excluding hydrogens is 382 g/mol. The molecular formula is C20H22ClN3O2S. The molecule has 0 saturated carbocycles. The highest BCUT2D eigenvalue weighted by atomic mass is 35.5. The average Bonchev–Trinajstić information content (AvgIpc) is 3.15. The number of nitrogens with zero attached hydrogens (tertiary/aromatic N) is 3. The average molecular weight is 404 g/mol. The van der Waals surface area contributed by atoms with Crippen molar-refractivity contribution in [3.8, 4) is 0 Å². The van der Waals surface area contributed by atoms with Gasteiger partial charge in [-0.3, -0.25) is 14.2 Å². The number of benzene rings is 1. The molecule has 0 N–H and O–H groups in total. The van der Waals surface area contributed by atoms with Crippen LogP contribution >= 0.6 is 22.9 Å². The van der Waals surface area contributed by atoms with Crippen molar-refractivity contribution in [3.05, 3.63) is 61.8 Å². The molecule has 7 heteroatoms. The lowest BCUT2D eigenvalue weighted by atomic mass is 10.1. The molecule has 1 amide bonds. The van der Waals surface area contributed by atoms with E-state index in [4.69, 9.17) is 11.6 Å². The highest BCUT2D eigenvalue weighted by Gasteiger charge is 2.25. The minimum absolute atomic E-state index is 0.0391. The maximum Gasteiger partial charge on any atom is 0.261 e. The standard InChI is InChI=1S/C20H22ClN3O2S/c1-4-9-24(18(25)12-15-6-5-10-27-15)13(2)19-22-17-8-7-14(21)11-16(17)20(26)23(19)3/h5-8,10-11,13H,4,9,12H2,1-3H3. The van der Waals surface area contributed by atoms with Gasteiger partial charge in [0, 0.05) is 23.5 Å². The van der Waals surface area contributed by atoms with E-state index < -0.39 is 0 Å². The Balaban J connectivity index is 1.99. The molecule has 0 bridgehead atoms. The first-order valence-electron chi connectivity index (χ1n) is 8.90. The maximum absolute atomic E-state index is 12.9. The van der Waals surface area contributed by atoms with E-state index in [0.29, 0.717) is 34.7 Å². The van der Waals surface area contributed by atoms with Crippen molar-refractivity contribution in [1.82, 2.24) is 14.5 Å². The number of thiophene rings is 1. The zero-order chi connectivity index (χ0) is 19.6. The lowest BCUT2D eigenvalue weighted by Gasteiger charge is -2.29. The fourth-order valence-corrected chi connectivity index (χ4v) is 4.08. The Morgan fingerprint density at radius 1 is 1.37 bits per heavy atom. The molecule has 3 aromatic rings. The summed E-state index contributed by atoms with van der Waals surface area (Å²) < 4.78 is 1.52. The van der Waals surface area contributed by atoms with E-state index >= 15 is 0 Å². The lowest BCUT2D eigenvalue weighted by molar-refractivity contribution is -0.132. The van der Waals surface area contributed by atoms with Crippen molar-refractivity contribution in [2.75, 3.05) is 6.54 Å². The molecule has 0 radical (unpaired) electrons. The summed E-state index contributed by atoms with van der Waals surface area (Å²) in [5, 5.41) is 2.95. The summed E-state index contributed by atoms with van der Waals surface area (Å²) in [6.45, 7) is 4.57. The summed E-state index contributed by atoms with van der Waals surface area (Å²) in [6.07, 6.45) is 1.19. The summed E-state index contributed by atoms with van der Waals surface area (Å²) >= 11 is 7.59. The first kappa shape index (κ1) is 19.6. The first-order chi connectivity index (χ1) is 12.9. The van der Waals surface area contributed by atoms with Crippen LogP contribution in [0.3, 0.4) is 0 Å². The smallest absolute Gasteiger partial charge is 0.261 e. The minimum atomic E-state index is -0.310. The Morgan fingerprint density at radius 3 is 2.81 bits per heavy atom. The Labute approximate surface area is 167 Å². The quantitative estimate of drug-likeness (QED) is 0.620. The zero-order valence-electron chi connectivity index (χ0n) is 15.6. The molecule has 142 valence electrons. The molecule has 0 fully saturated rings. The molecule has 1 unspecified atom stereocenters. The van der Waals surface area contributed by atoms with E-state index in [2.05, 4.69) is 4.98 Å². The number of fused-ring (bicyclic) bond motifs is 1. The third-order valence-corrected chi connectivity index (χ3v) is 5.72. The van der Waals surface area contributed by atoms with E-state index in [0.717, 1.165) is 11.3 Å². The summed E-state index contributed by atoms with van der Waals surface area (Å²) in [5.74, 6) is 0.611. The van der Waals surface area contributed by atoms with Gasteiger partial charge in [-0.1, -0.05) is 24.6 Å². The first-order valence-corrected chi connectivity index (χ1v) is 10.2. The number of aromatic nitrogens is 2. The van der Waals surface area contributed by atoms with Gasteiger partial charge in [-0.05, 0) is 43.0 Å². The lowest BCUT2D eigenvalue weighted by Crippen LogP contribution is -2.38. The summed E-state index contributed by atoms with van der Waals surface area (Å²) in [7, 11) is 1.69. The largest absolute Gasteiger partial charge is 0.332 e. The van der Waals surface area contributed by atoms with Crippen LogP contribution in [-0.2, 0) is 18.3 Å². The van der Waals surface area contributed by atoms with Crippen molar-refractivity contribution in [2.45, 2.75) is 32.7 Å². The number of hydrogen-bond acceptors (Lipinski definition) is 4. The summed E-state index contributed by atoms with van der Waals surface area (Å²) in [5.41, 5.74) is 0.429. The van der Waals surface area contributed by atoms with Crippen LogP contribution < -0.4 is 5.56 Å². The van der Waals surface area contributed by atoms with Crippen LogP contribution in [0.25, 0.3) is 10.9 Å². The van der Waals surface area contributed by atoms with Crippen LogP contribution in [-0.4, -0.2) is 26.9 Å².